The number of nitrogens with one attached hydrogen (secondary N) is 1. The maximum absolute atomic E-state index is 5.72. The van der Waals surface area contributed by atoms with E-state index in [1.165, 1.54) is 18.4 Å². The molecule has 0 amide bonds. The van der Waals surface area contributed by atoms with E-state index in [-0.39, 0.29) is 6.10 Å². The second kappa shape index (κ2) is 6.71. The molecule has 0 saturated carbocycles. The smallest absolute Gasteiger partial charge is 0.213 e. The van der Waals surface area contributed by atoms with Crippen molar-refractivity contribution in [1.82, 2.24) is 10.3 Å². The summed E-state index contributed by atoms with van der Waals surface area (Å²) in [6.07, 6.45) is 5.51. The van der Waals surface area contributed by atoms with Gasteiger partial charge in [0.05, 0.1) is 6.10 Å². The molecule has 18 heavy (non-hydrogen) atoms. The predicted molar refractivity (Wildman–Crippen MR) is 70.8 cm³/mol. The minimum absolute atomic E-state index is 0.228. The molecule has 4 nitrogen and oxygen atoms in total. The normalized spacial score (nSPS) is 21.6. The van der Waals surface area contributed by atoms with Crippen LogP contribution in [0.25, 0.3) is 0 Å². The van der Waals surface area contributed by atoms with Gasteiger partial charge in [-0.2, -0.15) is 0 Å². The summed E-state index contributed by atoms with van der Waals surface area (Å²) in [6, 6.07) is 4.30. The molecule has 0 bridgehead atoms. The number of rotatable bonds is 5. The lowest BCUT2D eigenvalue weighted by Crippen LogP contribution is -2.26. The molecule has 1 saturated heterocycles. The first kappa shape index (κ1) is 13.3. The standard InChI is InChI=1S/C14H22N2O2/c1-11(15-2)12-6-7-16-14(9-12)18-10-13-5-3-4-8-17-13/h6-7,9,11,13,15H,3-5,8,10H2,1-2H3. The monoisotopic (exact) mass is 250 g/mol. The second-order valence-corrected chi connectivity index (χ2v) is 4.74. The van der Waals surface area contributed by atoms with Crippen LogP contribution in [0.4, 0.5) is 0 Å². The van der Waals surface area contributed by atoms with Crippen molar-refractivity contribution >= 4 is 0 Å². The van der Waals surface area contributed by atoms with Gasteiger partial charge < -0.3 is 14.8 Å². The fourth-order valence-corrected chi connectivity index (χ4v) is 2.06. The minimum Gasteiger partial charge on any atom is -0.475 e. The van der Waals surface area contributed by atoms with E-state index in [4.69, 9.17) is 9.47 Å². The molecule has 2 rings (SSSR count). The van der Waals surface area contributed by atoms with E-state index < -0.39 is 0 Å². The molecular formula is C14H22N2O2. The maximum atomic E-state index is 5.72. The molecule has 2 atom stereocenters. The molecule has 2 unspecified atom stereocenters. The van der Waals surface area contributed by atoms with Crippen LogP contribution in [-0.4, -0.2) is 31.3 Å². The van der Waals surface area contributed by atoms with E-state index in [1.807, 2.05) is 19.2 Å². The summed E-state index contributed by atoms with van der Waals surface area (Å²) in [4.78, 5) is 4.23. The maximum Gasteiger partial charge on any atom is 0.213 e. The summed E-state index contributed by atoms with van der Waals surface area (Å²) in [5, 5.41) is 3.21. The van der Waals surface area contributed by atoms with Crippen molar-refractivity contribution in [3.63, 3.8) is 0 Å². The van der Waals surface area contributed by atoms with Crippen molar-refractivity contribution in [2.24, 2.45) is 0 Å². The summed E-state index contributed by atoms with van der Waals surface area (Å²) in [6.45, 7) is 3.58. The fourth-order valence-electron chi connectivity index (χ4n) is 2.06. The topological polar surface area (TPSA) is 43.4 Å². The van der Waals surface area contributed by atoms with E-state index >= 15 is 0 Å². The van der Waals surface area contributed by atoms with Gasteiger partial charge in [-0.3, -0.25) is 0 Å². The van der Waals surface area contributed by atoms with Crippen LogP contribution < -0.4 is 10.1 Å². The third-order valence-electron chi connectivity index (χ3n) is 3.38. The van der Waals surface area contributed by atoms with Crippen LogP contribution in [0.3, 0.4) is 0 Å². The molecule has 0 spiro atoms. The van der Waals surface area contributed by atoms with E-state index in [0.717, 1.165) is 13.0 Å². The molecule has 1 N–H and O–H groups in total. The minimum atomic E-state index is 0.228. The Morgan fingerprint density at radius 1 is 1.56 bits per heavy atom. The van der Waals surface area contributed by atoms with Gasteiger partial charge in [-0.25, -0.2) is 4.98 Å². The molecule has 1 aliphatic rings. The van der Waals surface area contributed by atoms with Crippen molar-refractivity contribution in [3.05, 3.63) is 23.9 Å². The largest absolute Gasteiger partial charge is 0.475 e. The van der Waals surface area contributed by atoms with Gasteiger partial charge in [0.2, 0.25) is 5.88 Å². The van der Waals surface area contributed by atoms with Crippen LogP contribution in [0, 0.1) is 0 Å². The Labute approximate surface area is 109 Å². The molecule has 1 aromatic rings. The molecule has 1 aliphatic heterocycles. The van der Waals surface area contributed by atoms with Crippen molar-refractivity contribution in [1.29, 1.82) is 0 Å². The Kier molecular flexibility index (Phi) is 4.96. The summed E-state index contributed by atoms with van der Waals surface area (Å²) < 4.78 is 11.4. The number of nitrogens with zero attached hydrogens (tertiary/aromatic N) is 1. The molecule has 1 fully saturated rings. The highest BCUT2D eigenvalue weighted by Crippen LogP contribution is 2.18. The van der Waals surface area contributed by atoms with Crippen LogP contribution >= 0.6 is 0 Å². The van der Waals surface area contributed by atoms with E-state index in [2.05, 4.69) is 17.2 Å². The number of pyridine rings is 1. The summed E-state index contributed by atoms with van der Waals surface area (Å²) in [5.74, 6) is 0.684. The van der Waals surface area contributed by atoms with E-state index in [1.54, 1.807) is 6.20 Å². The van der Waals surface area contributed by atoms with Gasteiger partial charge in [0.1, 0.15) is 6.61 Å². The summed E-state index contributed by atoms with van der Waals surface area (Å²) >= 11 is 0. The van der Waals surface area contributed by atoms with Crippen molar-refractivity contribution in [3.8, 4) is 5.88 Å². The SMILES string of the molecule is CNC(C)c1ccnc(OCC2CCCCO2)c1. The van der Waals surface area contributed by atoms with Gasteiger partial charge in [-0.1, -0.05) is 0 Å². The molecule has 0 radical (unpaired) electrons. The van der Waals surface area contributed by atoms with Crippen LogP contribution in [0.15, 0.2) is 18.3 Å². The molecule has 1 aromatic heterocycles. The molecule has 2 heterocycles. The lowest BCUT2D eigenvalue weighted by molar-refractivity contribution is -0.0119. The average molecular weight is 250 g/mol. The Morgan fingerprint density at radius 3 is 3.17 bits per heavy atom. The van der Waals surface area contributed by atoms with Gasteiger partial charge in [0.15, 0.2) is 0 Å². The van der Waals surface area contributed by atoms with Crippen molar-refractivity contribution in [2.45, 2.75) is 38.3 Å². The molecule has 0 aliphatic carbocycles. The third kappa shape index (κ3) is 3.68. The van der Waals surface area contributed by atoms with Crippen molar-refractivity contribution < 1.29 is 9.47 Å². The highest BCUT2D eigenvalue weighted by atomic mass is 16.5. The second-order valence-electron chi connectivity index (χ2n) is 4.74. The Bertz CT molecular complexity index is 365. The first-order chi connectivity index (χ1) is 8.79. The fraction of sp³-hybridized carbons (Fsp3) is 0.643. The zero-order valence-corrected chi connectivity index (χ0v) is 11.2. The Balaban J connectivity index is 1.88. The number of ether oxygens (including phenoxy) is 2. The van der Waals surface area contributed by atoms with Gasteiger partial charge in [0, 0.05) is 24.9 Å². The van der Waals surface area contributed by atoms with Crippen LogP contribution in [0.5, 0.6) is 5.88 Å². The van der Waals surface area contributed by atoms with Crippen LogP contribution in [-0.2, 0) is 4.74 Å². The highest BCUT2D eigenvalue weighted by Gasteiger charge is 2.14. The number of hydrogen-bond donors (Lipinski definition) is 1. The van der Waals surface area contributed by atoms with E-state index in [9.17, 15) is 0 Å². The van der Waals surface area contributed by atoms with Crippen molar-refractivity contribution in [2.75, 3.05) is 20.3 Å². The lowest BCUT2D eigenvalue weighted by atomic mass is 10.1. The van der Waals surface area contributed by atoms with Crippen LogP contribution in [0.2, 0.25) is 0 Å². The predicted octanol–water partition coefficient (Wildman–Crippen LogP) is 2.31. The van der Waals surface area contributed by atoms with E-state index in [0.29, 0.717) is 18.5 Å². The van der Waals surface area contributed by atoms with Gasteiger partial charge in [0.25, 0.3) is 0 Å². The highest BCUT2D eigenvalue weighted by molar-refractivity contribution is 5.23. The third-order valence-corrected chi connectivity index (χ3v) is 3.38. The first-order valence-corrected chi connectivity index (χ1v) is 6.67. The number of aromatic nitrogens is 1. The molecule has 0 aromatic carbocycles. The Hall–Kier alpha value is -1.13. The zero-order chi connectivity index (χ0) is 12.8. The molecular weight excluding hydrogens is 228 g/mol. The zero-order valence-electron chi connectivity index (χ0n) is 11.2. The Morgan fingerprint density at radius 2 is 2.44 bits per heavy atom. The summed E-state index contributed by atoms with van der Waals surface area (Å²) in [7, 11) is 1.95. The molecule has 100 valence electrons. The van der Waals surface area contributed by atoms with Gasteiger partial charge in [-0.05, 0) is 44.9 Å². The van der Waals surface area contributed by atoms with Crippen LogP contribution in [0.1, 0.15) is 37.8 Å². The number of hydrogen-bond acceptors (Lipinski definition) is 4. The van der Waals surface area contributed by atoms with Gasteiger partial charge >= 0.3 is 0 Å². The summed E-state index contributed by atoms with van der Waals surface area (Å²) in [5.41, 5.74) is 1.19. The van der Waals surface area contributed by atoms with Gasteiger partial charge in [-0.15, -0.1) is 0 Å². The first-order valence-electron chi connectivity index (χ1n) is 6.67. The quantitative estimate of drug-likeness (QED) is 0.871. The molecule has 4 heteroatoms. The average Bonchev–Trinajstić information content (AvgIpc) is 2.45. The lowest BCUT2D eigenvalue weighted by Gasteiger charge is -2.22.